The van der Waals surface area contributed by atoms with Crippen LogP contribution in [0.25, 0.3) is 11.1 Å². The monoisotopic (exact) mass is 438 g/mol. The molecule has 4 rings (SSSR count). The van der Waals surface area contributed by atoms with Crippen molar-refractivity contribution in [2.75, 3.05) is 6.54 Å². The number of carboxylic acid groups (broad SMARTS) is 1. The number of nitrogens with zero attached hydrogens (tertiary/aromatic N) is 1. The van der Waals surface area contributed by atoms with E-state index in [-0.39, 0.29) is 11.8 Å². The average Bonchev–Trinajstić information content (AvgIpc) is 2.77. The lowest BCUT2D eigenvalue weighted by Gasteiger charge is -2.28. The molecule has 0 saturated carbocycles. The normalized spacial score (nSPS) is 15.4. The van der Waals surface area contributed by atoms with Gasteiger partial charge in [0, 0.05) is 18.4 Å². The van der Waals surface area contributed by atoms with Crippen LogP contribution in [0.2, 0.25) is 0 Å². The number of benzene rings is 2. The lowest BCUT2D eigenvalue weighted by atomic mass is 9.87. The molecule has 0 spiro atoms. The summed E-state index contributed by atoms with van der Waals surface area (Å²) in [7, 11) is 0. The second kappa shape index (κ2) is 9.44. The van der Waals surface area contributed by atoms with Crippen molar-refractivity contribution in [3.8, 4) is 16.9 Å². The molecule has 2 heterocycles. The van der Waals surface area contributed by atoms with Crippen molar-refractivity contribution in [1.29, 1.82) is 0 Å². The third kappa shape index (κ3) is 4.78. The van der Waals surface area contributed by atoms with E-state index >= 15 is 0 Å². The van der Waals surface area contributed by atoms with Crippen LogP contribution in [-0.4, -0.2) is 29.2 Å². The van der Waals surface area contributed by atoms with Crippen molar-refractivity contribution >= 4 is 5.97 Å². The van der Waals surface area contributed by atoms with Gasteiger partial charge < -0.3 is 15.2 Å². The number of carboxylic acids is 1. The smallest absolute Gasteiger partial charge is 0.387 e. The highest BCUT2D eigenvalue weighted by Crippen LogP contribution is 2.33. The van der Waals surface area contributed by atoms with Gasteiger partial charge in [-0.1, -0.05) is 24.3 Å². The molecule has 2 aromatic carbocycles. The number of alkyl halides is 2. The minimum atomic E-state index is -2.84. The Bertz CT molecular complexity index is 1130. The Morgan fingerprint density at radius 1 is 1.25 bits per heavy atom. The Morgan fingerprint density at radius 2 is 2.09 bits per heavy atom. The molecule has 1 aromatic heterocycles. The van der Waals surface area contributed by atoms with Crippen molar-refractivity contribution in [3.05, 3.63) is 82.7 Å². The number of rotatable bonds is 7. The minimum Gasteiger partial charge on any atom is -0.478 e. The number of aromatic carboxylic acids is 1. The molecule has 0 aliphatic carbocycles. The van der Waals surface area contributed by atoms with Gasteiger partial charge in [0.1, 0.15) is 5.75 Å². The molecular formula is C25H24F2N2O3. The van der Waals surface area contributed by atoms with Crippen LogP contribution >= 0.6 is 0 Å². The van der Waals surface area contributed by atoms with Gasteiger partial charge in [0.05, 0.1) is 5.56 Å². The van der Waals surface area contributed by atoms with E-state index in [0.717, 1.165) is 41.6 Å². The Balaban J connectivity index is 1.54. The predicted octanol–water partition coefficient (Wildman–Crippen LogP) is 5.18. The molecular weight excluding hydrogens is 414 g/mol. The fourth-order valence-corrected chi connectivity index (χ4v) is 4.35. The molecule has 166 valence electrons. The van der Waals surface area contributed by atoms with E-state index in [1.54, 1.807) is 18.3 Å². The van der Waals surface area contributed by atoms with Gasteiger partial charge in [-0.05, 0) is 84.3 Å². The Morgan fingerprint density at radius 3 is 2.84 bits per heavy atom. The molecule has 3 aromatic rings. The van der Waals surface area contributed by atoms with Crippen LogP contribution < -0.4 is 10.1 Å². The topological polar surface area (TPSA) is 71.5 Å². The lowest BCUT2D eigenvalue weighted by Crippen LogP contribution is -2.30. The van der Waals surface area contributed by atoms with E-state index in [0.29, 0.717) is 12.0 Å². The molecule has 1 atom stereocenters. The third-order valence-corrected chi connectivity index (χ3v) is 5.87. The van der Waals surface area contributed by atoms with Crippen LogP contribution in [0.3, 0.4) is 0 Å². The zero-order valence-electron chi connectivity index (χ0n) is 17.6. The maximum Gasteiger partial charge on any atom is 0.387 e. The highest BCUT2D eigenvalue weighted by molar-refractivity contribution is 5.89. The van der Waals surface area contributed by atoms with E-state index in [1.165, 1.54) is 23.4 Å². The Kier molecular flexibility index (Phi) is 6.46. The summed E-state index contributed by atoms with van der Waals surface area (Å²) in [5.41, 5.74) is 6.34. The van der Waals surface area contributed by atoms with Gasteiger partial charge >= 0.3 is 12.6 Å². The molecule has 7 heteroatoms. The Labute approximate surface area is 185 Å². The average molecular weight is 438 g/mol. The van der Waals surface area contributed by atoms with Gasteiger partial charge in [-0.3, -0.25) is 4.98 Å². The van der Waals surface area contributed by atoms with Gasteiger partial charge in [0.15, 0.2) is 0 Å². The first-order chi connectivity index (χ1) is 15.4. The van der Waals surface area contributed by atoms with E-state index in [4.69, 9.17) is 0 Å². The minimum absolute atomic E-state index is 0.123. The molecule has 2 N–H and O–H groups in total. The van der Waals surface area contributed by atoms with Crippen molar-refractivity contribution in [1.82, 2.24) is 10.3 Å². The van der Waals surface area contributed by atoms with Crippen LogP contribution in [0, 0.1) is 6.92 Å². The van der Waals surface area contributed by atoms with Gasteiger partial charge in [-0.25, -0.2) is 4.79 Å². The largest absolute Gasteiger partial charge is 0.478 e. The number of hydrogen-bond acceptors (Lipinski definition) is 4. The number of halogens is 2. The summed E-state index contributed by atoms with van der Waals surface area (Å²) in [6.45, 7) is -0.127. The number of fused-ring (bicyclic) bond motifs is 1. The lowest BCUT2D eigenvalue weighted by molar-refractivity contribution is -0.0498. The molecule has 5 nitrogen and oxygen atoms in total. The summed E-state index contributed by atoms with van der Waals surface area (Å²) in [5, 5.41) is 12.9. The molecule has 1 aliphatic rings. The Hall–Kier alpha value is -3.32. The first-order valence-electron chi connectivity index (χ1n) is 10.5. The van der Waals surface area contributed by atoms with Crippen molar-refractivity contribution in [2.45, 2.75) is 38.8 Å². The highest BCUT2D eigenvalue weighted by Gasteiger charge is 2.21. The van der Waals surface area contributed by atoms with Crippen LogP contribution in [0.5, 0.6) is 5.75 Å². The van der Waals surface area contributed by atoms with Crippen LogP contribution in [-0.2, 0) is 12.8 Å². The SMILES string of the molecule is Cc1cc(OC(F)F)ccc1-c1ccc2c(c1)CCN[C@H]2CCc1cnccc1C(=O)O. The van der Waals surface area contributed by atoms with Crippen LogP contribution in [0.1, 0.15) is 45.1 Å². The molecule has 0 amide bonds. The maximum atomic E-state index is 12.5. The van der Waals surface area contributed by atoms with E-state index in [9.17, 15) is 18.7 Å². The van der Waals surface area contributed by atoms with Crippen molar-refractivity contribution in [2.24, 2.45) is 0 Å². The standard InChI is InChI=1S/C25H24F2N2O3/c1-15-12-19(32-25(26)27)4-6-20(15)16-2-5-21-17(13-16)8-11-29-23(21)7-3-18-14-28-10-9-22(18)24(30)31/h2,4-6,9-10,12-14,23,25,29H,3,7-8,11H2,1H3,(H,30,31)/t23-/m0/s1. The summed E-state index contributed by atoms with van der Waals surface area (Å²) in [4.78, 5) is 15.5. The van der Waals surface area contributed by atoms with Gasteiger partial charge in [0.2, 0.25) is 0 Å². The van der Waals surface area contributed by atoms with Gasteiger partial charge in [-0.2, -0.15) is 8.78 Å². The van der Waals surface area contributed by atoms with E-state index in [1.807, 2.05) is 19.1 Å². The fourth-order valence-electron chi connectivity index (χ4n) is 4.35. The van der Waals surface area contributed by atoms with Crippen molar-refractivity contribution < 1.29 is 23.4 Å². The number of pyridine rings is 1. The van der Waals surface area contributed by atoms with Crippen LogP contribution in [0.4, 0.5) is 8.78 Å². The number of nitrogens with one attached hydrogen (secondary N) is 1. The molecule has 1 aliphatic heterocycles. The maximum absolute atomic E-state index is 12.5. The fraction of sp³-hybridized carbons (Fsp3) is 0.280. The molecule has 0 saturated heterocycles. The molecule has 0 unspecified atom stereocenters. The molecule has 0 radical (unpaired) electrons. The van der Waals surface area contributed by atoms with Crippen LogP contribution in [0.15, 0.2) is 54.9 Å². The van der Waals surface area contributed by atoms with Gasteiger partial charge in [-0.15, -0.1) is 0 Å². The van der Waals surface area contributed by atoms with E-state index in [2.05, 4.69) is 27.2 Å². The van der Waals surface area contributed by atoms with Crippen molar-refractivity contribution in [3.63, 3.8) is 0 Å². The third-order valence-electron chi connectivity index (χ3n) is 5.87. The number of ether oxygens (including phenoxy) is 1. The number of aryl methyl sites for hydroxylation is 2. The first-order valence-corrected chi connectivity index (χ1v) is 10.5. The molecule has 0 bridgehead atoms. The summed E-state index contributed by atoms with van der Waals surface area (Å²) in [6, 6.07) is 13.0. The van der Waals surface area contributed by atoms with E-state index < -0.39 is 12.6 Å². The number of carbonyl (C=O) groups is 1. The number of aromatic nitrogens is 1. The summed E-state index contributed by atoms with van der Waals surface area (Å²) >= 11 is 0. The zero-order chi connectivity index (χ0) is 22.7. The quantitative estimate of drug-likeness (QED) is 0.532. The zero-order valence-corrected chi connectivity index (χ0v) is 17.6. The summed E-state index contributed by atoms with van der Waals surface area (Å²) in [6.07, 6.45) is 5.38. The first kappa shape index (κ1) is 21.9. The second-order valence-electron chi connectivity index (χ2n) is 7.90. The predicted molar refractivity (Wildman–Crippen MR) is 117 cm³/mol. The summed E-state index contributed by atoms with van der Waals surface area (Å²) < 4.78 is 29.4. The molecule has 32 heavy (non-hydrogen) atoms. The summed E-state index contributed by atoms with van der Waals surface area (Å²) in [5.74, 6) is -0.788. The van der Waals surface area contributed by atoms with Gasteiger partial charge in [0.25, 0.3) is 0 Å². The highest BCUT2D eigenvalue weighted by atomic mass is 19.3. The molecule has 0 fully saturated rings. The number of hydrogen-bond donors (Lipinski definition) is 2. The second-order valence-corrected chi connectivity index (χ2v) is 7.90.